The van der Waals surface area contributed by atoms with E-state index in [0.29, 0.717) is 0 Å². The van der Waals surface area contributed by atoms with Crippen molar-refractivity contribution in [2.75, 3.05) is 6.61 Å². The molecule has 1 aromatic carbocycles. The van der Waals surface area contributed by atoms with Crippen molar-refractivity contribution in [2.45, 2.75) is 26.2 Å². The van der Waals surface area contributed by atoms with Crippen LogP contribution in [0.1, 0.15) is 24.8 Å². The molecule has 2 rings (SSSR count). The Balaban J connectivity index is 0.000000437. The number of hydrogen-bond acceptors (Lipinski definition) is 2. The first-order valence-electron chi connectivity index (χ1n) is 5.71. The Kier molecular flexibility index (Phi) is 5.86. The van der Waals surface area contributed by atoms with Crippen LogP contribution < -0.4 is 4.74 Å². The molecule has 0 heterocycles. The molecule has 3 heteroatoms. The van der Waals surface area contributed by atoms with E-state index in [1.54, 1.807) is 5.57 Å². The maximum atomic E-state index is 8.36. The van der Waals surface area contributed by atoms with Crippen LogP contribution in [0.2, 0.25) is 0 Å². The van der Waals surface area contributed by atoms with Gasteiger partial charge in [-0.05, 0) is 50.0 Å². The zero-order valence-electron chi connectivity index (χ0n) is 10.1. The van der Waals surface area contributed by atoms with Gasteiger partial charge < -0.3 is 9.84 Å². The van der Waals surface area contributed by atoms with Crippen LogP contribution in [-0.2, 0) is 4.79 Å². The predicted octanol–water partition coefficient (Wildman–Crippen LogP) is 3.18. The van der Waals surface area contributed by atoms with Crippen molar-refractivity contribution in [3.05, 3.63) is 41.5 Å². The zero-order valence-corrected chi connectivity index (χ0v) is 10.1. The number of ether oxygens (including phenoxy) is 1. The standard InChI is InChI=1S/C13H16O.CH2O2/c1-11-4-2-7-13(10-11)14-9-8-12-5-3-6-12;2-1-3/h2,4,7-8,10H,3,5-6,9H2,1H3;1H,(H,2,3). The van der Waals surface area contributed by atoms with Crippen molar-refractivity contribution < 1.29 is 14.6 Å². The second-order valence-electron chi connectivity index (χ2n) is 3.95. The van der Waals surface area contributed by atoms with E-state index in [-0.39, 0.29) is 6.47 Å². The third kappa shape index (κ3) is 5.20. The first kappa shape index (κ1) is 13.3. The molecule has 0 amide bonds. The lowest BCUT2D eigenvalue weighted by Gasteiger charge is -2.15. The SMILES string of the molecule is Cc1cccc(OCC=C2CCC2)c1.O=CO. The largest absolute Gasteiger partial charge is 0.490 e. The van der Waals surface area contributed by atoms with Gasteiger partial charge in [0.05, 0.1) is 0 Å². The molecule has 3 nitrogen and oxygen atoms in total. The van der Waals surface area contributed by atoms with Gasteiger partial charge in [0.25, 0.3) is 6.47 Å². The fourth-order valence-corrected chi connectivity index (χ4v) is 1.55. The number of rotatable bonds is 3. The number of hydrogen-bond donors (Lipinski definition) is 1. The molecule has 0 spiro atoms. The van der Waals surface area contributed by atoms with E-state index < -0.39 is 0 Å². The molecular weight excluding hydrogens is 216 g/mol. The van der Waals surface area contributed by atoms with E-state index in [2.05, 4.69) is 25.1 Å². The van der Waals surface area contributed by atoms with Crippen molar-refractivity contribution in [1.29, 1.82) is 0 Å². The number of carbonyl (C=O) groups is 1. The highest BCUT2D eigenvalue weighted by Gasteiger charge is 2.06. The lowest BCUT2D eigenvalue weighted by atomic mass is 9.92. The van der Waals surface area contributed by atoms with Crippen LogP contribution in [0.25, 0.3) is 0 Å². The molecule has 1 fully saturated rings. The van der Waals surface area contributed by atoms with E-state index in [1.807, 2.05) is 12.1 Å². The molecule has 0 saturated heterocycles. The number of benzene rings is 1. The van der Waals surface area contributed by atoms with Gasteiger partial charge in [0, 0.05) is 0 Å². The summed E-state index contributed by atoms with van der Waals surface area (Å²) >= 11 is 0. The monoisotopic (exact) mass is 234 g/mol. The minimum Gasteiger partial charge on any atom is -0.490 e. The highest BCUT2D eigenvalue weighted by molar-refractivity contribution is 5.32. The van der Waals surface area contributed by atoms with Crippen LogP contribution in [-0.4, -0.2) is 18.2 Å². The Morgan fingerprint density at radius 3 is 2.65 bits per heavy atom. The van der Waals surface area contributed by atoms with Crippen molar-refractivity contribution in [2.24, 2.45) is 0 Å². The van der Waals surface area contributed by atoms with Gasteiger partial charge in [-0.2, -0.15) is 0 Å². The van der Waals surface area contributed by atoms with Crippen LogP contribution in [0.15, 0.2) is 35.9 Å². The van der Waals surface area contributed by atoms with Crippen molar-refractivity contribution in [1.82, 2.24) is 0 Å². The minimum absolute atomic E-state index is 0.250. The highest BCUT2D eigenvalue weighted by atomic mass is 16.5. The van der Waals surface area contributed by atoms with E-state index in [4.69, 9.17) is 14.6 Å². The second kappa shape index (κ2) is 7.49. The zero-order chi connectivity index (χ0) is 12.5. The molecule has 1 aromatic rings. The third-order valence-electron chi connectivity index (χ3n) is 2.61. The van der Waals surface area contributed by atoms with E-state index in [9.17, 15) is 0 Å². The lowest BCUT2D eigenvalue weighted by molar-refractivity contribution is -0.122. The normalized spacial score (nSPS) is 12.9. The number of aryl methyl sites for hydroxylation is 1. The lowest BCUT2D eigenvalue weighted by Crippen LogP contribution is -2.01. The van der Waals surface area contributed by atoms with Gasteiger partial charge in [0.15, 0.2) is 0 Å². The van der Waals surface area contributed by atoms with Crippen molar-refractivity contribution >= 4 is 6.47 Å². The van der Waals surface area contributed by atoms with Crippen molar-refractivity contribution in [3.63, 3.8) is 0 Å². The van der Waals surface area contributed by atoms with Crippen LogP contribution in [0.4, 0.5) is 0 Å². The first-order chi connectivity index (χ1) is 8.26. The molecule has 1 N–H and O–H groups in total. The molecule has 0 atom stereocenters. The number of carboxylic acid groups (broad SMARTS) is 1. The fourth-order valence-electron chi connectivity index (χ4n) is 1.55. The van der Waals surface area contributed by atoms with Crippen LogP contribution in [0, 0.1) is 6.92 Å². The van der Waals surface area contributed by atoms with E-state index in [1.165, 1.54) is 24.8 Å². The van der Waals surface area contributed by atoms with Crippen molar-refractivity contribution in [3.8, 4) is 5.75 Å². The average Bonchev–Trinajstić information content (AvgIpc) is 2.23. The molecule has 0 bridgehead atoms. The summed E-state index contributed by atoms with van der Waals surface area (Å²) in [6.07, 6.45) is 6.12. The van der Waals surface area contributed by atoms with Crippen LogP contribution >= 0.6 is 0 Å². The summed E-state index contributed by atoms with van der Waals surface area (Å²) in [5.74, 6) is 0.973. The minimum atomic E-state index is -0.250. The molecular formula is C14H18O3. The Bertz CT molecular complexity index is 377. The molecule has 1 aliphatic rings. The maximum Gasteiger partial charge on any atom is 0.290 e. The Morgan fingerprint density at radius 2 is 2.12 bits per heavy atom. The quantitative estimate of drug-likeness (QED) is 0.645. The van der Waals surface area contributed by atoms with Gasteiger partial charge >= 0.3 is 0 Å². The molecule has 0 radical (unpaired) electrons. The Hall–Kier alpha value is -1.77. The predicted molar refractivity (Wildman–Crippen MR) is 67.3 cm³/mol. The molecule has 1 aliphatic carbocycles. The van der Waals surface area contributed by atoms with Gasteiger partial charge in [-0.3, -0.25) is 4.79 Å². The Morgan fingerprint density at radius 1 is 1.41 bits per heavy atom. The fraction of sp³-hybridized carbons (Fsp3) is 0.357. The Labute approximate surface area is 102 Å². The number of allylic oxidation sites excluding steroid dienone is 1. The van der Waals surface area contributed by atoms with Gasteiger partial charge in [0.1, 0.15) is 12.4 Å². The topological polar surface area (TPSA) is 46.5 Å². The van der Waals surface area contributed by atoms with Gasteiger partial charge in [-0.15, -0.1) is 0 Å². The molecule has 17 heavy (non-hydrogen) atoms. The molecule has 0 unspecified atom stereocenters. The average molecular weight is 234 g/mol. The smallest absolute Gasteiger partial charge is 0.290 e. The highest BCUT2D eigenvalue weighted by Crippen LogP contribution is 2.24. The summed E-state index contributed by atoms with van der Waals surface area (Å²) in [5.41, 5.74) is 2.80. The van der Waals surface area contributed by atoms with E-state index >= 15 is 0 Å². The summed E-state index contributed by atoms with van der Waals surface area (Å²) in [5, 5.41) is 6.89. The molecule has 0 aromatic heterocycles. The summed E-state index contributed by atoms with van der Waals surface area (Å²) in [6.45, 7) is 2.55. The summed E-state index contributed by atoms with van der Waals surface area (Å²) in [4.78, 5) is 8.36. The van der Waals surface area contributed by atoms with Gasteiger partial charge in [0.2, 0.25) is 0 Å². The molecule has 0 aliphatic heterocycles. The summed E-state index contributed by atoms with van der Waals surface area (Å²) < 4.78 is 5.62. The second-order valence-corrected chi connectivity index (χ2v) is 3.95. The molecule has 92 valence electrons. The van der Waals surface area contributed by atoms with E-state index in [0.717, 1.165) is 12.4 Å². The summed E-state index contributed by atoms with van der Waals surface area (Å²) in [6, 6.07) is 8.18. The molecule has 1 saturated carbocycles. The summed E-state index contributed by atoms with van der Waals surface area (Å²) in [7, 11) is 0. The van der Waals surface area contributed by atoms with Crippen LogP contribution in [0.3, 0.4) is 0 Å². The van der Waals surface area contributed by atoms with Gasteiger partial charge in [-0.25, -0.2) is 0 Å². The third-order valence-corrected chi connectivity index (χ3v) is 2.61. The maximum absolute atomic E-state index is 8.36. The first-order valence-corrected chi connectivity index (χ1v) is 5.71. The van der Waals surface area contributed by atoms with Crippen LogP contribution in [0.5, 0.6) is 5.75 Å². The van der Waals surface area contributed by atoms with Gasteiger partial charge in [-0.1, -0.05) is 17.7 Å².